The second kappa shape index (κ2) is 8.28. The molecule has 20 heavy (non-hydrogen) atoms. The first kappa shape index (κ1) is 17.0. The molecule has 0 heterocycles. The van der Waals surface area contributed by atoms with E-state index >= 15 is 0 Å². The number of carbonyl (C=O) groups excluding carboxylic acids is 2. The lowest BCUT2D eigenvalue weighted by molar-refractivity contribution is -0.155. The lowest BCUT2D eigenvalue weighted by Gasteiger charge is -2.21. The molecule has 0 radical (unpaired) electrons. The number of hydrogen-bond donors (Lipinski definition) is 1. The Bertz CT molecular complexity index is 314. The normalized spacial score (nSPS) is 16.8. The fourth-order valence-electron chi connectivity index (χ4n) is 2.59. The minimum atomic E-state index is -0.478. The molecule has 1 saturated carbocycles. The second-order valence-corrected chi connectivity index (χ2v) is 6.73. The maximum absolute atomic E-state index is 11.6. The smallest absolute Gasteiger partial charge is 0.306 e. The van der Waals surface area contributed by atoms with Crippen LogP contribution in [0.4, 0.5) is 0 Å². The first-order valence-corrected chi connectivity index (χ1v) is 7.85. The van der Waals surface area contributed by atoms with E-state index in [1.165, 1.54) is 32.1 Å². The quantitative estimate of drug-likeness (QED) is 0.762. The van der Waals surface area contributed by atoms with E-state index in [-0.39, 0.29) is 24.7 Å². The van der Waals surface area contributed by atoms with Crippen molar-refractivity contribution in [2.24, 2.45) is 5.92 Å². The molecule has 116 valence electrons. The number of nitrogens with one attached hydrogen (secondary N) is 1. The van der Waals surface area contributed by atoms with Crippen LogP contribution in [0.25, 0.3) is 0 Å². The standard InChI is InChI=1S/C16H29NO3/c1-16(2,3)20-15(19)10-9-14(18)17-12-11-13-7-5-4-6-8-13/h13H,4-12H2,1-3H3,(H,17,18). The topological polar surface area (TPSA) is 55.4 Å². The van der Waals surface area contributed by atoms with Gasteiger partial charge >= 0.3 is 5.97 Å². The third-order valence-electron chi connectivity index (χ3n) is 3.58. The van der Waals surface area contributed by atoms with Crippen molar-refractivity contribution in [3.8, 4) is 0 Å². The van der Waals surface area contributed by atoms with Crippen molar-refractivity contribution in [2.45, 2.75) is 77.7 Å². The zero-order valence-corrected chi connectivity index (χ0v) is 13.2. The summed E-state index contributed by atoms with van der Waals surface area (Å²) in [6.45, 7) is 6.22. The molecular formula is C16H29NO3. The summed E-state index contributed by atoms with van der Waals surface area (Å²) in [6, 6.07) is 0. The number of hydrogen-bond acceptors (Lipinski definition) is 3. The Morgan fingerprint density at radius 2 is 1.75 bits per heavy atom. The van der Waals surface area contributed by atoms with Crippen LogP contribution in [0.3, 0.4) is 0 Å². The lowest BCUT2D eigenvalue weighted by Crippen LogP contribution is -2.28. The highest BCUT2D eigenvalue weighted by molar-refractivity contribution is 5.81. The Kier molecular flexibility index (Phi) is 7.03. The summed E-state index contributed by atoms with van der Waals surface area (Å²) in [4.78, 5) is 23.1. The van der Waals surface area contributed by atoms with Crippen molar-refractivity contribution in [2.75, 3.05) is 6.54 Å². The zero-order valence-electron chi connectivity index (χ0n) is 13.2. The Hall–Kier alpha value is -1.06. The van der Waals surface area contributed by atoms with Gasteiger partial charge in [0.25, 0.3) is 0 Å². The molecule has 0 aromatic carbocycles. The number of carbonyl (C=O) groups is 2. The third kappa shape index (κ3) is 8.18. The SMILES string of the molecule is CC(C)(C)OC(=O)CCC(=O)NCCC1CCCCC1. The molecule has 1 amide bonds. The van der Waals surface area contributed by atoms with Gasteiger partial charge in [0.15, 0.2) is 0 Å². The summed E-state index contributed by atoms with van der Waals surface area (Å²) in [7, 11) is 0. The highest BCUT2D eigenvalue weighted by atomic mass is 16.6. The molecule has 4 heteroatoms. The summed E-state index contributed by atoms with van der Waals surface area (Å²) >= 11 is 0. The van der Waals surface area contributed by atoms with Gasteiger partial charge < -0.3 is 10.1 Å². The van der Waals surface area contributed by atoms with Gasteiger partial charge in [0.2, 0.25) is 5.91 Å². The molecule has 1 rings (SSSR count). The molecule has 0 saturated heterocycles. The van der Waals surface area contributed by atoms with Gasteiger partial charge in [0, 0.05) is 13.0 Å². The van der Waals surface area contributed by atoms with E-state index in [4.69, 9.17) is 4.74 Å². The van der Waals surface area contributed by atoms with E-state index in [2.05, 4.69) is 5.32 Å². The minimum absolute atomic E-state index is 0.0494. The number of ether oxygens (including phenoxy) is 1. The van der Waals surface area contributed by atoms with Gasteiger partial charge in [-0.25, -0.2) is 0 Å². The fraction of sp³-hybridized carbons (Fsp3) is 0.875. The average Bonchev–Trinajstić information content (AvgIpc) is 2.36. The Balaban J connectivity index is 2.06. The van der Waals surface area contributed by atoms with Crippen LogP contribution in [0.15, 0.2) is 0 Å². The van der Waals surface area contributed by atoms with Crippen LogP contribution in [-0.2, 0) is 14.3 Å². The average molecular weight is 283 g/mol. The van der Waals surface area contributed by atoms with E-state index in [1.807, 2.05) is 20.8 Å². The van der Waals surface area contributed by atoms with Crippen LogP contribution in [0, 0.1) is 5.92 Å². The molecule has 0 spiro atoms. The molecule has 0 aliphatic heterocycles. The Labute approximate surface area is 122 Å². The molecule has 0 bridgehead atoms. The third-order valence-corrected chi connectivity index (χ3v) is 3.58. The first-order chi connectivity index (χ1) is 9.37. The van der Waals surface area contributed by atoms with Gasteiger partial charge in [-0.3, -0.25) is 9.59 Å². The van der Waals surface area contributed by atoms with Gasteiger partial charge in [-0.05, 0) is 33.1 Å². The van der Waals surface area contributed by atoms with Gasteiger partial charge in [-0.2, -0.15) is 0 Å². The largest absolute Gasteiger partial charge is 0.460 e. The van der Waals surface area contributed by atoms with E-state index in [9.17, 15) is 9.59 Å². The van der Waals surface area contributed by atoms with Crippen molar-refractivity contribution in [1.82, 2.24) is 5.32 Å². The van der Waals surface area contributed by atoms with Crippen molar-refractivity contribution in [1.29, 1.82) is 0 Å². The Morgan fingerprint density at radius 1 is 1.10 bits per heavy atom. The highest BCUT2D eigenvalue weighted by Crippen LogP contribution is 2.25. The number of amides is 1. The molecule has 0 aromatic heterocycles. The summed E-state index contributed by atoms with van der Waals surface area (Å²) in [5.41, 5.74) is -0.478. The van der Waals surface area contributed by atoms with E-state index in [0.29, 0.717) is 0 Å². The minimum Gasteiger partial charge on any atom is -0.460 e. The maximum Gasteiger partial charge on any atom is 0.306 e. The van der Waals surface area contributed by atoms with Crippen LogP contribution in [0.5, 0.6) is 0 Å². The number of esters is 1. The summed E-state index contributed by atoms with van der Waals surface area (Å²) in [6.07, 6.45) is 8.07. The fourth-order valence-corrected chi connectivity index (χ4v) is 2.59. The van der Waals surface area contributed by atoms with Gasteiger partial charge in [-0.15, -0.1) is 0 Å². The molecule has 0 atom stereocenters. The summed E-state index contributed by atoms with van der Waals surface area (Å²) in [5.74, 6) is 0.418. The van der Waals surface area contributed by atoms with Gasteiger partial charge in [0.05, 0.1) is 6.42 Å². The van der Waals surface area contributed by atoms with Crippen LogP contribution in [-0.4, -0.2) is 24.0 Å². The molecule has 1 aliphatic rings. The van der Waals surface area contributed by atoms with E-state index in [1.54, 1.807) is 0 Å². The van der Waals surface area contributed by atoms with Gasteiger partial charge in [-0.1, -0.05) is 32.1 Å². The van der Waals surface area contributed by atoms with Crippen molar-refractivity contribution in [3.05, 3.63) is 0 Å². The molecule has 1 N–H and O–H groups in total. The Morgan fingerprint density at radius 3 is 2.35 bits per heavy atom. The highest BCUT2D eigenvalue weighted by Gasteiger charge is 2.17. The molecule has 1 fully saturated rings. The van der Waals surface area contributed by atoms with E-state index in [0.717, 1.165) is 18.9 Å². The molecule has 1 aliphatic carbocycles. The van der Waals surface area contributed by atoms with Crippen LogP contribution in [0.1, 0.15) is 72.1 Å². The number of rotatable bonds is 6. The summed E-state index contributed by atoms with van der Waals surface area (Å²) < 4.78 is 5.17. The van der Waals surface area contributed by atoms with Crippen molar-refractivity contribution in [3.63, 3.8) is 0 Å². The predicted molar refractivity (Wildman–Crippen MR) is 79.3 cm³/mol. The second-order valence-electron chi connectivity index (χ2n) is 6.73. The first-order valence-electron chi connectivity index (χ1n) is 7.85. The van der Waals surface area contributed by atoms with Crippen LogP contribution in [0.2, 0.25) is 0 Å². The lowest BCUT2D eigenvalue weighted by atomic mass is 9.87. The van der Waals surface area contributed by atoms with E-state index < -0.39 is 5.60 Å². The van der Waals surface area contributed by atoms with Crippen LogP contribution >= 0.6 is 0 Å². The maximum atomic E-state index is 11.6. The van der Waals surface area contributed by atoms with Gasteiger partial charge in [0.1, 0.15) is 5.60 Å². The van der Waals surface area contributed by atoms with Crippen LogP contribution < -0.4 is 5.32 Å². The molecule has 0 aromatic rings. The monoisotopic (exact) mass is 283 g/mol. The molecule has 4 nitrogen and oxygen atoms in total. The molecular weight excluding hydrogens is 254 g/mol. The van der Waals surface area contributed by atoms with Crippen molar-refractivity contribution < 1.29 is 14.3 Å². The van der Waals surface area contributed by atoms with Crippen molar-refractivity contribution >= 4 is 11.9 Å². The predicted octanol–water partition coefficient (Wildman–Crippen LogP) is 3.19. The molecule has 0 unspecified atom stereocenters. The summed E-state index contributed by atoms with van der Waals surface area (Å²) in [5, 5.41) is 2.90. The zero-order chi connectivity index (χ0) is 15.0.